The van der Waals surface area contributed by atoms with Gasteiger partial charge in [-0.1, -0.05) is 176 Å². The minimum atomic E-state index is 0.901. The van der Waals surface area contributed by atoms with Gasteiger partial charge in [0.2, 0.25) is 0 Å². The van der Waals surface area contributed by atoms with Crippen LogP contribution in [-0.4, -0.2) is 0 Å². The minimum absolute atomic E-state index is 0.901. The van der Waals surface area contributed by atoms with Crippen LogP contribution in [0.5, 0.6) is 0 Å². The van der Waals surface area contributed by atoms with Gasteiger partial charge in [0.15, 0.2) is 0 Å². The zero-order valence-corrected chi connectivity index (χ0v) is 27.9. The van der Waals surface area contributed by atoms with Gasteiger partial charge in [-0.3, -0.25) is 0 Å². The Morgan fingerprint density at radius 3 is 1.33 bits per heavy atom. The fraction of sp³-hybridized carbons (Fsp3) is 0. The van der Waals surface area contributed by atoms with E-state index >= 15 is 0 Å². The topological polar surface area (TPSA) is 13.1 Å². The van der Waals surface area contributed by atoms with E-state index in [-0.39, 0.29) is 0 Å². The van der Waals surface area contributed by atoms with Crippen molar-refractivity contribution in [1.82, 2.24) is 0 Å². The quantitative estimate of drug-likeness (QED) is 0.169. The summed E-state index contributed by atoms with van der Waals surface area (Å²) in [6.45, 7) is 0. The molecule has 0 radical (unpaired) electrons. The molecule has 0 aliphatic heterocycles. The van der Waals surface area contributed by atoms with E-state index in [1.165, 1.54) is 71.6 Å². The van der Waals surface area contributed by atoms with Gasteiger partial charge in [-0.2, -0.15) is 0 Å². The molecule has 0 bridgehead atoms. The van der Waals surface area contributed by atoms with Crippen LogP contribution in [0.3, 0.4) is 0 Å². The average Bonchev–Trinajstić information content (AvgIpc) is 3.58. The largest absolute Gasteiger partial charge is 0.456 e. The second-order valence-corrected chi connectivity index (χ2v) is 13.2. The Kier molecular flexibility index (Phi) is 6.89. The molecule has 10 aromatic rings. The van der Waals surface area contributed by atoms with E-state index in [2.05, 4.69) is 182 Å². The van der Waals surface area contributed by atoms with Gasteiger partial charge in [-0.25, -0.2) is 0 Å². The molecule has 0 amide bonds. The van der Waals surface area contributed by atoms with Crippen LogP contribution in [0.2, 0.25) is 0 Å². The van der Waals surface area contributed by atoms with Gasteiger partial charge in [0.25, 0.3) is 0 Å². The molecule has 0 aliphatic carbocycles. The highest BCUT2D eigenvalue weighted by atomic mass is 16.3. The second kappa shape index (κ2) is 12.0. The number of benzene rings is 9. The Hall–Kier alpha value is -6.70. The summed E-state index contributed by atoms with van der Waals surface area (Å²) in [5.41, 5.74) is 14.0. The summed E-state index contributed by atoms with van der Waals surface area (Å²) < 4.78 is 6.26. The Labute approximate surface area is 296 Å². The molecule has 51 heavy (non-hydrogen) atoms. The molecule has 1 heterocycles. The van der Waals surface area contributed by atoms with Crippen molar-refractivity contribution in [2.75, 3.05) is 0 Å². The van der Waals surface area contributed by atoms with E-state index in [0.29, 0.717) is 0 Å². The second-order valence-electron chi connectivity index (χ2n) is 13.2. The van der Waals surface area contributed by atoms with E-state index in [0.717, 1.165) is 27.5 Å². The SMILES string of the molecule is c1ccc(-c2ccccc2-c2c3ccccc3c(-c3c(-c4ccccc4)cccc3-c3ccc4oc5ccccc5c4c3)c3ccccc23)cc1. The van der Waals surface area contributed by atoms with Crippen LogP contribution in [0.1, 0.15) is 0 Å². The number of para-hydroxylation sites is 1. The number of hydrogen-bond donors (Lipinski definition) is 0. The predicted octanol–water partition coefficient (Wildman–Crippen LogP) is 14.2. The fourth-order valence-electron chi connectivity index (χ4n) is 8.07. The lowest BCUT2D eigenvalue weighted by molar-refractivity contribution is 0.669. The third-order valence-corrected chi connectivity index (χ3v) is 10.3. The van der Waals surface area contributed by atoms with Gasteiger partial charge in [0.1, 0.15) is 11.2 Å². The molecule has 10 rings (SSSR count). The van der Waals surface area contributed by atoms with Crippen molar-refractivity contribution >= 4 is 43.5 Å². The lowest BCUT2D eigenvalue weighted by atomic mass is 9.80. The van der Waals surface area contributed by atoms with E-state index in [4.69, 9.17) is 4.42 Å². The molecule has 9 aromatic carbocycles. The van der Waals surface area contributed by atoms with Crippen molar-refractivity contribution in [1.29, 1.82) is 0 Å². The third-order valence-electron chi connectivity index (χ3n) is 10.3. The van der Waals surface area contributed by atoms with Crippen molar-refractivity contribution in [2.45, 2.75) is 0 Å². The van der Waals surface area contributed by atoms with Gasteiger partial charge in [-0.15, -0.1) is 0 Å². The first-order valence-corrected chi connectivity index (χ1v) is 17.5. The highest BCUT2D eigenvalue weighted by Gasteiger charge is 2.23. The standard InChI is InChI=1S/C50H32O/c1-3-16-33(17-4-1)36-20-7-8-22-40(36)48-41-23-9-11-25-43(41)50(44-26-12-10-24-42(44)48)49-37(34-18-5-2-6-19-34)27-15-28-38(49)35-30-31-47-45(32-35)39-21-13-14-29-46(39)51-47/h1-32H. The highest BCUT2D eigenvalue weighted by molar-refractivity contribution is 6.24. The summed E-state index contributed by atoms with van der Waals surface area (Å²) in [5.74, 6) is 0. The van der Waals surface area contributed by atoms with Gasteiger partial charge in [-0.05, 0) is 95.4 Å². The number of furan rings is 1. The van der Waals surface area contributed by atoms with Crippen molar-refractivity contribution < 1.29 is 4.42 Å². The molecular weight excluding hydrogens is 617 g/mol. The van der Waals surface area contributed by atoms with E-state index in [1.807, 2.05) is 12.1 Å². The first kappa shape index (κ1) is 29.2. The summed E-state index contributed by atoms with van der Waals surface area (Å²) in [6, 6.07) is 70.1. The molecule has 0 saturated heterocycles. The van der Waals surface area contributed by atoms with Crippen molar-refractivity contribution in [3.63, 3.8) is 0 Å². The first-order chi connectivity index (χ1) is 25.3. The molecule has 0 unspecified atom stereocenters. The van der Waals surface area contributed by atoms with Gasteiger partial charge in [0, 0.05) is 10.8 Å². The van der Waals surface area contributed by atoms with Crippen LogP contribution in [0.4, 0.5) is 0 Å². The van der Waals surface area contributed by atoms with Crippen LogP contribution in [0.25, 0.3) is 99.1 Å². The summed E-state index contributed by atoms with van der Waals surface area (Å²) in [5, 5.41) is 7.19. The normalized spacial score (nSPS) is 11.5. The monoisotopic (exact) mass is 648 g/mol. The summed E-state index contributed by atoms with van der Waals surface area (Å²) in [6.07, 6.45) is 0. The molecule has 238 valence electrons. The summed E-state index contributed by atoms with van der Waals surface area (Å²) in [4.78, 5) is 0. The number of hydrogen-bond acceptors (Lipinski definition) is 1. The molecule has 0 saturated carbocycles. The maximum Gasteiger partial charge on any atom is 0.135 e. The van der Waals surface area contributed by atoms with Crippen LogP contribution in [-0.2, 0) is 0 Å². The van der Waals surface area contributed by atoms with Gasteiger partial charge in [0.05, 0.1) is 0 Å². The lowest BCUT2D eigenvalue weighted by Gasteiger charge is -2.23. The highest BCUT2D eigenvalue weighted by Crippen LogP contribution is 2.50. The van der Waals surface area contributed by atoms with Crippen LogP contribution < -0.4 is 0 Å². The van der Waals surface area contributed by atoms with Crippen molar-refractivity contribution in [2.24, 2.45) is 0 Å². The van der Waals surface area contributed by atoms with Crippen LogP contribution >= 0.6 is 0 Å². The maximum absolute atomic E-state index is 6.26. The minimum Gasteiger partial charge on any atom is -0.456 e. The molecule has 0 spiro atoms. The molecular formula is C50H32O. The van der Waals surface area contributed by atoms with Crippen LogP contribution in [0.15, 0.2) is 199 Å². The fourth-order valence-corrected chi connectivity index (χ4v) is 8.07. The van der Waals surface area contributed by atoms with E-state index < -0.39 is 0 Å². The van der Waals surface area contributed by atoms with Crippen LogP contribution in [0, 0.1) is 0 Å². The third kappa shape index (κ3) is 4.78. The number of rotatable bonds is 5. The first-order valence-electron chi connectivity index (χ1n) is 17.5. The molecule has 1 heteroatoms. The molecule has 0 N–H and O–H groups in total. The zero-order chi connectivity index (χ0) is 33.7. The van der Waals surface area contributed by atoms with Gasteiger partial charge < -0.3 is 4.42 Å². The average molecular weight is 649 g/mol. The molecule has 1 nitrogen and oxygen atoms in total. The maximum atomic E-state index is 6.26. The summed E-state index contributed by atoms with van der Waals surface area (Å²) >= 11 is 0. The van der Waals surface area contributed by atoms with Gasteiger partial charge >= 0.3 is 0 Å². The van der Waals surface area contributed by atoms with Crippen molar-refractivity contribution in [3.05, 3.63) is 194 Å². The van der Waals surface area contributed by atoms with Crippen molar-refractivity contribution in [3.8, 4) is 55.6 Å². The Bertz CT molecular complexity index is 2840. The lowest BCUT2D eigenvalue weighted by Crippen LogP contribution is -1.96. The molecule has 1 aromatic heterocycles. The Morgan fingerprint density at radius 2 is 0.686 bits per heavy atom. The van der Waals surface area contributed by atoms with E-state index in [9.17, 15) is 0 Å². The predicted molar refractivity (Wildman–Crippen MR) is 216 cm³/mol. The smallest absolute Gasteiger partial charge is 0.135 e. The van der Waals surface area contributed by atoms with E-state index in [1.54, 1.807) is 0 Å². The molecule has 0 aliphatic rings. The summed E-state index contributed by atoms with van der Waals surface area (Å²) in [7, 11) is 0. The Balaban J connectivity index is 1.34. The molecule has 0 fully saturated rings. The Morgan fingerprint density at radius 1 is 0.235 bits per heavy atom. The zero-order valence-electron chi connectivity index (χ0n) is 27.9. The molecule has 0 atom stereocenters. The number of fused-ring (bicyclic) bond motifs is 5.